The second-order valence-corrected chi connectivity index (χ2v) is 4.48. The van der Waals surface area contributed by atoms with Gasteiger partial charge in [-0.1, -0.05) is 12.1 Å². The van der Waals surface area contributed by atoms with Crippen molar-refractivity contribution >= 4 is 22.6 Å². The van der Waals surface area contributed by atoms with Crippen molar-refractivity contribution in [1.29, 1.82) is 0 Å². The van der Waals surface area contributed by atoms with E-state index in [2.05, 4.69) is 4.98 Å². The minimum Gasteiger partial charge on any atom is -0.295 e. The summed E-state index contributed by atoms with van der Waals surface area (Å²) in [6.45, 7) is 0. The van der Waals surface area contributed by atoms with E-state index in [0.717, 1.165) is 12.1 Å². The third-order valence-electron chi connectivity index (χ3n) is 2.98. The van der Waals surface area contributed by atoms with Crippen LogP contribution in [-0.4, -0.2) is 9.55 Å². The Balaban J connectivity index is 2.33. The molecule has 2 nitrogen and oxygen atoms in total. The summed E-state index contributed by atoms with van der Waals surface area (Å²) in [5.41, 5.74) is 1.44. The highest BCUT2D eigenvalue weighted by molar-refractivity contribution is 6.17. The Kier molecular flexibility index (Phi) is 3.14. The Bertz CT molecular complexity index is 775. The van der Waals surface area contributed by atoms with Crippen LogP contribution in [0.25, 0.3) is 16.7 Å². The first-order chi connectivity index (χ1) is 9.61. The topological polar surface area (TPSA) is 17.8 Å². The van der Waals surface area contributed by atoms with Crippen molar-refractivity contribution in [1.82, 2.24) is 9.55 Å². The van der Waals surface area contributed by atoms with Crippen LogP contribution in [0.5, 0.6) is 0 Å². The lowest BCUT2D eigenvalue weighted by atomic mass is 10.2. The number of imidazole rings is 1. The SMILES string of the molecule is Fc1cc(-n2c(CCl)nc3ccccc32)cc(F)c1F. The van der Waals surface area contributed by atoms with Gasteiger partial charge in [0.05, 0.1) is 22.6 Å². The molecule has 6 heteroatoms. The van der Waals surface area contributed by atoms with Crippen LogP contribution < -0.4 is 0 Å². The lowest BCUT2D eigenvalue weighted by molar-refractivity contribution is 0.446. The van der Waals surface area contributed by atoms with Gasteiger partial charge in [0.25, 0.3) is 0 Å². The average molecular weight is 297 g/mol. The number of fused-ring (bicyclic) bond motifs is 1. The molecule has 102 valence electrons. The number of hydrogen-bond donors (Lipinski definition) is 0. The molecule has 0 aliphatic rings. The predicted octanol–water partition coefficient (Wildman–Crippen LogP) is 4.18. The van der Waals surface area contributed by atoms with Crippen molar-refractivity contribution in [3.63, 3.8) is 0 Å². The largest absolute Gasteiger partial charge is 0.295 e. The van der Waals surface area contributed by atoms with Gasteiger partial charge in [0.1, 0.15) is 5.82 Å². The fourth-order valence-corrected chi connectivity index (χ4v) is 2.30. The van der Waals surface area contributed by atoms with Crippen LogP contribution in [0.3, 0.4) is 0 Å². The van der Waals surface area contributed by atoms with Gasteiger partial charge in [0, 0.05) is 12.1 Å². The Hall–Kier alpha value is -2.01. The number of nitrogens with zero attached hydrogens (tertiary/aromatic N) is 2. The molecule has 2 aromatic carbocycles. The number of rotatable bonds is 2. The van der Waals surface area contributed by atoms with Gasteiger partial charge in [-0.2, -0.15) is 0 Å². The zero-order chi connectivity index (χ0) is 14.3. The zero-order valence-corrected chi connectivity index (χ0v) is 10.8. The monoisotopic (exact) mass is 296 g/mol. The molecule has 0 saturated heterocycles. The Labute approximate surface area is 117 Å². The predicted molar refractivity (Wildman–Crippen MR) is 70.5 cm³/mol. The maximum absolute atomic E-state index is 13.4. The Morgan fingerprint density at radius 1 is 1.05 bits per heavy atom. The molecule has 0 saturated carbocycles. The van der Waals surface area contributed by atoms with E-state index in [1.54, 1.807) is 24.3 Å². The molecule has 0 bridgehead atoms. The highest BCUT2D eigenvalue weighted by Crippen LogP contribution is 2.24. The summed E-state index contributed by atoms with van der Waals surface area (Å²) < 4.78 is 41.3. The van der Waals surface area contributed by atoms with Crippen LogP contribution in [0.15, 0.2) is 36.4 Å². The van der Waals surface area contributed by atoms with Crippen molar-refractivity contribution in [2.45, 2.75) is 5.88 Å². The highest BCUT2D eigenvalue weighted by atomic mass is 35.5. The van der Waals surface area contributed by atoms with Crippen LogP contribution >= 0.6 is 11.6 Å². The lowest BCUT2D eigenvalue weighted by Gasteiger charge is -2.08. The molecule has 0 aliphatic heterocycles. The molecule has 0 fully saturated rings. The molecule has 0 N–H and O–H groups in total. The summed E-state index contributed by atoms with van der Waals surface area (Å²) in [6.07, 6.45) is 0. The lowest BCUT2D eigenvalue weighted by Crippen LogP contribution is -2.02. The summed E-state index contributed by atoms with van der Waals surface area (Å²) in [7, 11) is 0. The molecule has 0 radical (unpaired) electrons. The molecule has 0 aliphatic carbocycles. The van der Waals surface area contributed by atoms with E-state index in [9.17, 15) is 13.2 Å². The quantitative estimate of drug-likeness (QED) is 0.512. The minimum absolute atomic E-state index is 0.0648. The van der Waals surface area contributed by atoms with Gasteiger partial charge in [0.15, 0.2) is 17.5 Å². The van der Waals surface area contributed by atoms with Crippen LogP contribution in [0.2, 0.25) is 0 Å². The maximum atomic E-state index is 13.4. The van der Waals surface area contributed by atoms with Gasteiger partial charge in [-0.25, -0.2) is 18.2 Å². The molecule has 3 aromatic rings. The summed E-state index contributed by atoms with van der Waals surface area (Å²) >= 11 is 5.82. The van der Waals surface area contributed by atoms with Gasteiger partial charge in [-0.05, 0) is 12.1 Å². The van der Waals surface area contributed by atoms with E-state index in [-0.39, 0.29) is 11.6 Å². The number of hydrogen-bond acceptors (Lipinski definition) is 1. The van der Waals surface area contributed by atoms with Crippen molar-refractivity contribution < 1.29 is 13.2 Å². The molecule has 0 atom stereocenters. The normalized spacial score (nSPS) is 11.2. The first-order valence-electron chi connectivity index (χ1n) is 5.79. The Morgan fingerprint density at radius 3 is 2.35 bits per heavy atom. The number of aromatic nitrogens is 2. The second kappa shape index (κ2) is 4.83. The molecule has 0 amide bonds. The molecule has 1 aromatic heterocycles. The maximum Gasteiger partial charge on any atom is 0.194 e. The van der Waals surface area contributed by atoms with E-state index >= 15 is 0 Å². The van der Waals surface area contributed by atoms with Gasteiger partial charge >= 0.3 is 0 Å². The molecule has 1 heterocycles. The molecule has 0 spiro atoms. The number of benzene rings is 2. The van der Waals surface area contributed by atoms with E-state index in [0.29, 0.717) is 16.9 Å². The molecular weight excluding hydrogens is 289 g/mol. The average Bonchev–Trinajstić information content (AvgIpc) is 2.82. The third kappa shape index (κ3) is 1.94. The minimum atomic E-state index is -1.49. The van der Waals surface area contributed by atoms with Crippen molar-refractivity contribution in [3.8, 4) is 5.69 Å². The summed E-state index contributed by atoms with van der Waals surface area (Å²) in [5, 5.41) is 0. The van der Waals surface area contributed by atoms with Gasteiger partial charge in [-0.15, -0.1) is 11.6 Å². The highest BCUT2D eigenvalue weighted by Gasteiger charge is 2.16. The third-order valence-corrected chi connectivity index (χ3v) is 3.22. The Morgan fingerprint density at radius 2 is 1.70 bits per heavy atom. The van der Waals surface area contributed by atoms with Crippen LogP contribution in [0.4, 0.5) is 13.2 Å². The van der Waals surface area contributed by atoms with E-state index in [1.165, 1.54) is 4.57 Å². The summed E-state index contributed by atoms with van der Waals surface area (Å²) in [6, 6.07) is 8.92. The smallest absolute Gasteiger partial charge is 0.194 e. The first kappa shape index (κ1) is 13.0. The molecule has 0 unspecified atom stereocenters. The van der Waals surface area contributed by atoms with Crippen molar-refractivity contribution in [3.05, 3.63) is 59.7 Å². The standard InChI is InChI=1S/C14H8ClF3N2/c15-7-13-19-11-3-1-2-4-12(11)20(13)8-5-9(16)14(18)10(17)6-8/h1-6H,7H2. The summed E-state index contributed by atoms with van der Waals surface area (Å²) in [4.78, 5) is 4.28. The second-order valence-electron chi connectivity index (χ2n) is 4.21. The number of para-hydroxylation sites is 2. The first-order valence-corrected chi connectivity index (χ1v) is 6.32. The fourth-order valence-electron chi connectivity index (χ4n) is 2.12. The fraction of sp³-hybridized carbons (Fsp3) is 0.0714. The number of halogens is 4. The molecular formula is C14H8ClF3N2. The van der Waals surface area contributed by atoms with Crippen molar-refractivity contribution in [2.75, 3.05) is 0 Å². The van der Waals surface area contributed by atoms with E-state index < -0.39 is 17.5 Å². The van der Waals surface area contributed by atoms with Crippen LogP contribution in [-0.2, 0) is 5.88 Å². The number of alkyl halides is 1. The van der Waals surface area contributed by atoms with E-state index in [4.69, 9.17) is 11.6 Å². The van der Waals surface area contributed by atoms with Gasteiger partial charge in [-0.3, -0.25) is 4.57 Å². The zero-order valence-electron chi connectivity index (χ0n) is 10.1. The summed E-state index contributed by atoms with van der Waals surface area (Å²) in [5.74, 6) is -3.50. The molecule has 3 rings (SSSR count). The van der Waals surface area contributed by atoms with Gasteiger partial charge < -0.3 is 0 Å². The van der Waals surface area contributed by atoms with Crippen molar-refractivity contribution in [2.24, 2.45) is 0 Å². The van der Waals surface area contributed by atoms with E-state index in [1.807, 2.05) is 0 Å². The van der Waals surface area contributed by atoms with Crippen LogP contribution in [0, 0.1) is 17.5 Å². The van der Waals surface area contributed by atoms with Crippen LogP contribution in [0.1, 0.15) is 5.82 Å². The molecule has 20 heavy (non-hydrogen) atoms. The van der Waals surface area contributed by atoms with Gasteiger partial charge in [0.2, 0.25) is 0 Å².